The van der Waals surface area contributed by atoms with Gasteiger partial charge < -0.3 is 9.84 Å². The maximum Gasteiger partial charge on any atom is 0.315 e. The van der Waals surface area contributed by atoms with Crippen molar-refractivity contribution in [3.63, 3.8) is 0 Å². The van der Waals surface area contributed by atoms with E-state index in [9.17, 15) is 14.3 Å². The van der Waals surface area contributed by atoms with Crippen molar-refractivity contribution in [2.75, 3.05) is 6.61 Å². The summed E-state index contributed by atoms with van der Waals surface area (Å²) in [4.78, 5) is 16.7. The molecule has 4 aromatic rings. The third kappa shape index (κ3) is 3.99. The Kier molecular flexibility index (Phi) is 5.67. The van der Waals surface area contributed by atoms with Crippen molar-refractivity contribution >= 4 is 16.9 Å². The van der Waals surface area contributed by atoms with Crippen molar-refractivity contribution in [2.45, 2.75) is 19.8 Å². The summed E-state index contributed by atoms with van der Waals surface area (Å²) in [7, 11) is 0. The third-order valence-electron chi connectivity index (χ3n) is 5.35. The van der Waals surface area contributed by atoms with E-state index in [1.165, 1.54) is 12.1 Å². The number of halogens is 1. The SMILES string of the molecule is CCOc1ccccc1-c1ccc(C(C(=O)O)c2c(C)cnc3ccc(F)cc23)cc1. The van der Waals surface area contributed by atoms with E-state index in [4.69, 9.17) is 4.74 Å². The van der Waals surface area contributed by atoms with E-state index >= 15 is 0 Å². The van der Waals surface area contributed by atoms with Gasteiger partial charge in [-0.3, -0.25) is 9.78 Å². The average Bonchev–Trinajstić information content (AvgIpc) is 2.76. The zero-order chi connectivity index (χ0) is 22.0. The van der Waals surface area contributed by atoms with Gasteiger partial charge in [-0.2, -0.15) is 0 Å². The number of ether oxygens (including phenoxy) is 1. The summed E-state index contributed by atoms with van der Waals surface area (Å²) >= 11 is 0. The van der Waals surface area contributed by atoms with E-state index in [2.05, 4.69) is 4.98 Å². The Labute approximate surface area is 180 Å². The largest absolute Gasteiger partial charge is 0.493 e. The number of aryl methyl sites for hydroxylation is 1. The number of carboxylic acids is 1. The highest BCUT2D eigenvalue weighted by atomic mass is 19.1. The monoisotopic (exact) mass is 415 g/mol. The van der Waals surface area contributed by atoms with Crippen LogP contribution >= 0.6 is 0 Å². The number of pyridine rings is 1. The van der Waals surface area contributed by atoms with Crippen molar-refractivity contribution in [3.8, 4) is 16.9 Å². The first kappa shape index (κ1) is 20.5. The van der Waals surface area contributed by atoms with E-state index in [-0.39, 0.29) is 0 Å². The number of aliphatic carboxylic acids is 1. The Morgan fingerprint density at radius 3 is 2.55 bits per heavy atom. The fourth-order valence-electron chi connectivity index (χ4n) is 3.94. The highest BCUT2D eigenvalue weighted by molar-refractivity contribution is 5.91. The van der Waals surface area contributed by atoms with Gasteiger partial charge in [-0.05, 0) is 60.4 Å². The lowest BCUT2D eigenvalue weighted by Crippen LogP contribution is -2.15. The summed E-state index contributed by atoms with van der Waals surface area (Å²) in [5, 5.41) is 10.6. The molecule has 0 radical (unpaired) electrons. The second-order valence-electron chi connectivity index (χ2n) is 7.34. The van der Waals surface area contributed by atoms with Crippen molar-refractivity contribution in [3.05, 3.63) is 95.4 Å². The normalized spacial score (nSPS) is 12.0. The molecule has 31 heavy (non-hydrogen) atoms. The van der Waals surface area contributed by atoms with Gasteiger partial charge in [0.2, 0.25) is 0 Å². The van der Waals surface area contributed by atoms with Crippen LogP contribution in [0.4, 0.5) is 4.39 Å². The van der Waals surface area contributed by atoms with Gasteiger partial charge in [-0.1, -0.05) is 42.5 Å². The van der Waals surface area contributed by atoms with Crippen LogP contribution in [0.2, 0.25) is 0 Å². The lowest BCUT2D eigenvalue weighted by atomic mass is 9.86. The average molecular weight is 415 g/mol. The lowest BCUT2D eigenvalue weighted by Gasteiger charge is -2.19. The summed E-state index contributed by atoms with van der Waals surface area (Å²) in [6.07, 6.45) is 1.64. The molecule has 1 aromatic heterocycles. The molecule has 3 aromatic carbocycles. The minimum absolute atomic E-state index is 0.423. The number of carboxylic acid groups (broad SMARTS) is 1. The van der Waals surface area contributed by atoms with Crippen LogP contribution in [0.1, 0.15) is 29.5 Å². The second kappa shape index (κ2) is 8.56. The van der Waals surface area contributed by atoms with Crippen molar-refractivity contribution in [1.82, 2.24) is 4.98 Å². The smallest absolute Gasteiger partial charge is 0.315 e. The number of aromatic nitrogens is 1. The van der Waals surface area contributed by atoms with Gasteiger partial charge in [0.1, 0.15) is 17.5 Å². The van der Waals surface area contributed by atoms with E-state index in [0.717, 1.165) is 16.9 Å². The van der Waals surface area contributed by atoms with Crippen LogP contribution in [0, 0.1) is 12.7 Å². The molecule has 0 fully saturated rings. The summed E-state index contributed by atoms with van der Waals surface area (Å²) in [6, 6.07) is 19.4. The predicted molar refractivity (Wildman–Crippen MR) is 119 cm³/mol. The molecule has 0 bridgehead atoms. The van der Waals surface area contributed by atoms with Gasteiger partial charge in [0.05, 0.1) is 12.1 Å². The number of hydrogen-bond donors (Lipinski definition) is 1. The van der Waals surface area contributed by atoms with E-state index in [1.807, 2.05) is 55.5 Å². The Balaban J connectivity index is 1.82. The third-order valence-corrected chi connectivity index (χ3v) is 5.35. The number of carbonyl (C=O) groups is 1. The number of para-hydroxylation sites is 1. The van der Waals surface area contributed by atoms with Crippen LogP contribution in [0.5, 0.6) is 5.75 Å². The Bertz CT molecular complexity index is 1250. The number of rotatable bonds is 6. The topological polar surface area (TPSA) is 59.4 Å². The van der Waals surface area contributed by atoms with E-state index < -0.39 is 17.7 Å². The van der Waals surface area contributed by atoms with Gasteiger partial charge in [0.15, 0.2) is 0 Å². The quantitative estimate of drug-likeness (QED) is 0.422. The lowest BCUT2D eigenvalue weighted by molar-refractivity contribution is -0.137. The molecule has 0 aliphatic carbocycles. The molecule has 1 N–H and O–H groups in total. The van der Waals surface area contributed by atoms with E-state index in [0.29, 0.717) is 34.2 Å². The molecule has 0 amide bonds. The van der Waals surface area contributed by atoms with Crippen molar-refractivity contribution in [2.24, 2.45) is 0 Å². The maximum absolute atomic E-state index is 14.0. The van der Waals surface area contributed by atoms with Crippen molar-refractivity contribution in [1.29, 1.82) is 0 Å². The first-order valence-electron chi connectivity index (χ1n) is 10.1. The number of benzene rings is 3. The summed E-state index contributed by atoms with van der Waals surface area (Å²) < 4.78 is 19.7. The minimum Gasteiger partial charge on any atom is -0.493 e. The molecule has 0 saturated heterocycles. The standard InChI is InChI=1S/C26H22FNO3/c1-3-31-23-7-5-4-6-20(23)17-8-10-18(11-9-17)25(26(29)30)24-16(2)15-28-22-13-12-19(27)14-21(22)24/h4-15,25H,3H2,1-2H3,(H,29,30). The Morgan fingerprint density at radius 1 is 1.10 bits per heavy atom. The highest BCUT2D eigenvalue weighted by Gasteiger charge is 2.26. The van der Waals surface area contributed by atoms with Crippen LogP contribution < -0.4 is 4.74 Å². The molecule has 0 spiro atoms. The van der Waals surface area contributed by atoms with Gasteiger partial charge in [-0.15, -0.1) is 0 Å². The van der Waals surface area contributed by atoms with Crippen molar-refractivity contribution < 1.29 is 19.0 Å². The fraction of sp³-hybridized carbons (Fsp3) is 0.154. The summed E-state index contributed by atoms with van der Waals surface area (Å²) in [5.74, 6) is -1.59. The molecule has 4 nitrogen and oxygen atoms in total. The van der Waals surface area contributed by atoms with Gasteiger partial charge in [0, 0.05) is 17.1 Å². The minimum atomic E-state index is -0.998. The summed E-state index contributed by atoms with van der Waals surface area (Å²) in [5.41, 5.74) is 4.31. The summed E-state index contributed by atoms with van der Waals surface area (Å²) in [6.45, 7) is 4.29. The Hall–Kier alpha value is -3.73. The number of hydrogen-bond acceptors (Lipinski definition) is 3. The molecule has 0 aliphatic rings. The van der Waals surface area contributed by atoms with Gasteiger partial charge in [-0.25, -0.2) is 4.39 Å². The number of fused-ring (bicyclic) bond motifs is 1. The van der Waals surface area contributed by atoms with Crippen LogP contribution in [0.3, 0.4) is 0 Å². The Morgan fingerprint density at radius 2 is 1.84 bits per heavy atom. The van der Waals surface area contributed by atoms with Gasteiger partial charge >= 0.3 is 5.97 Å². The highest BCUT2D eigenvalue weighted by Crippen LogP contribution is 2.35. The van der Waals surface area contributed by atoms with Crippen LogP contribution in [-0.4, -0.2) is 22.7 Å². The zero-order valence-corrected chi connectivity index (χ0v) is 17.3. The molecule has 4 rings (SSSR count). The molecule has 5 heteroatoms. The molecule has 1 atom stereocenters. The van der Waals surface area contributed by atoms with Crippen LogP contribution in [0.15, 0.2) is 72.9 Å². The molecular formula is C26H22FNO3. The van der Waals surface area contributed by atoms with E-state index in [1.54, 1.807) is 19.2 Å². The first-order valence-corrected chi connectivity index (χ1v) is 10.1. The molecule has 0 saturated carbocycles. The second-order valence-corrected chi connectivity index (χ2v) is 7.34. The van der Waals surface area contributed by atoms with Gasteiger partial charge in [0.25, 0.3) is 0 Å². The molecule has 0 aliphatic heterocycles. The zero-order valence-electron chi connectivity index (χ0n) is 17.3. The molecule has 1 unspecified atom stereocenters. The maximum atomic E-state index is 14.0. The predicted octanol–water partition coefficient (Wildman–Crippen LogP) is 5.96. The fourth-order valence-corrected chi connectivity index (χ4v) is 3.94. The van der Waals surface area contributed by atoms with Crippen LogP contribution in [-0.2, 0) is 4.79 Å². The van der Waals surface area contributed by atoms with Crippen LogP contribution in [0.25, 0.3) is 22.0 Å². The molecule has 156 valence electrons. The molecule has 1 heterocycles. The number of nitrogens with zero attached hydrogens (tertiary/aromatic N) is 1. The first-order chi connectivity index (χ1) is 15.0. The molecular weight excluding hydrogens is 393 g/mol.